The lowest BCUT2D eigenvalue weighted by Crippen LogP contribution is -2.14. The summed E-state index contributed by atoms with van der Waals surface area (Å²) in [4.78, 5) is 12.2. The Labute approximate surface area is 152 Å². The van der Waals surface area contributed by atoms with Crippen molar-refractivity contribution in [2.45, 2.75) is 12.8 Å². The fourth-order valence-corrected chi connectivity index (χ4v) is 2.82. The van der Waals surface area contributed by atoms with Gasteiger partial charge < -0.3 is 14.8 Å². The molecule has 0 aliphatic carbocycles. The average molecular weight is 444 g/mol. The van der Waals surface area contributed by atoms with Crippen LogP contribution in [0.1, 0.15) is 16.2 Å². The van der Waals surface area contributed by atoms with E-state index in [0.29, 0.717) is 4.68 Å². The lowest BCUT2D eigenvalue weighted by molar-refractivity contribution is -0.144. The van der Waals surface area contributed by atoms with Gasteiger partial charge in [0, 0.05) is 18.8 Å². The molecule has 0 spiro atoms. The molecule has 0 saturated carbocycles. The minimum Gasteiger partial charge on any atom is -0.493 e. The lowest BCUT2D eigenvalue weighted by atomic mass is 10.2. The number of hydrogen-bond acceptors (Lipinski definition) is 4. The highest BCUT2D eigenvalue weighted by Gasteiger charge is 2.39. The molecule has 0 atom stereocenters. The van der Waals surface area contributed by atoms with E-state index in [-0.39, 0.29) is 17.2 Å². The van der Waals surface area contributed by atoms with Crippen LogP contribution in [0.15, 0.2) is 22.7 Å². The van der Waals surface area contributed by atoms with Gasteiger partial charge in [0.05, 0.1) is 11.6 Å². The molecule has 1 aromatic carbocycles. The highest BCUT2D eigenvalue weighted by Crippen LogP contribution is 2.37. The third-order valence-corrected chi connectivity index (χ3v) is 3.86. The Kier molecular flexibility index (Phi) is 5.74. The van der Waals surface area contributed by atoms with Gasteiger partial charge in [-0.25, -0.2) is 0 Å². The van der Waals surface area contributed by atoms with Crippen LogP contribution in [-0.2, 0) is 13.2 Å². The minimum absolute atomic E-state index is 0.0829. The molecule has 1 amide bonds. The smallest absolute Gasteiger partial charge is 0.434 e. The van der Waals surface area contributed by atoms with Crippen LogP contribution in [-0.4, -0.2) is 29.4 Å². The Morgan fingerprint density at radius 2 is 1.96 bits per heavy atom. The number of halogens is 6. The molecule has 0 aliphatic rings. The molecular formula is C14H11BrF5N3O3. The number of benzene rings is 1. The van der Waals surface area contributed by atoms with E-state index in [1.165, 1.54) is 19.2 Å². The first-order valence-electron chi connectivity index (χ1n) is 6.78. The van der Waals surface area contributed by atoms with E-state index in [1.807, 2.05) is 0 Å². The molecule has 1 aromatic heterocycles. The van der Waals surface area contributed by atoms with Crippen molar-refractivity contribution in [2.75, 3.05) is 12.4 Å². The van der Waals surface area contributed by atoms with E-state index < -0.39 is 34.6 Å². The first kappa shape index (κ1) is 19.9. The van der Waals surface area contributed by atoms with E-state index in [0.717, 1.165) is 13.1 Å². The number of aromatic nitrogens is 2. The molecule has 2 rings (SSSR count). The van der Waals surface area contributed by atoms with Gasteiger partial charge in [-0.1, -0.05) is 0 Å². The number of carbonyl (C=O) groups excluding carboxylic acids is 1. The van der Waals surface area contributed by atoms with E-state index in [9.17, 15) is 26.7 Å². The van der Waals surface area contributed by atoms with Gasteiger partial charge in [0.25, 0.3) is 5.91 Å². The van der Waals surface area contributed by atoms with Gasteiger partial charge >= 0.3 is 12.8 Å². The van der Waals surface area contributed by atoms with Gasteiger partial charge in [-0.15, -0.1) is 0 Å². The van der Waals surface area contributed by atoms with Crippen LogP contribution in [0, 0.1) is 0 Å². The Bertz CT molecular complexity index is 823. The summed E-state index contributed by atoms with van der Waals surface area (Å²) in [6.45, 7) is -3.07. The van der Waals surface area contributed by atoms with E-state index >= 15 is 0 Å². The summed E-state index contributed by atoms with van der Waals surface area (Å²) in [5, 5.41) is 5.87. The average Bonchev–Trinajstić information content (AvgIpc) is 2.83. The normalized spacial score (nSPS) is 11.6. The molecule has 1 heterocycles. The summed E-state index contributed by atoms with van der Waals surface area (Å²) in [7, 11) is 2.24. The number of alkyl halides is 5. The van der Waals surface area contributed by atoms with Crippen molar-refractivity contribution < 1.29 is 36.2 Å². The van der Waals surface area contributed by atoms with Gasteiger partial charge in [0.1, 0.15) is 0 Å². The van der Waals surface area contributed by atoms with Crippen LogP contribution in [0.4, 0.5) is 27.6 Å². The van der Waals surface area contributed by atoms with Crippen LogP contribution in [0.3, 0.4) is 0 Å². The third kappa shape index (κ3) is 4.23. The zero-order chi connectivity index (χ0) is 19.6. The van der Waals surface area contributed by atoms with Gasteiger partial charge in [-0.3, -0.25) is 9.48 Å². The van der Waals surface area contributed by atoms with Crippen LogP contribution < -0.4 is 14.8 Å². The zero-order valence-corrected chi connectivity index (χ0v) is 14.8. The quantitative estimate of drug-likeness (QED) is 0.707. The first-order chi connectivity index (χ1) is 12.0. The molecule has 12 heteroatoms. The predicted molar refractivity (Wildman–Crippen MR) is 83.5 cm³/mol. The predicted octanol–water partition coefficient (Wildman–Crippen LogP) is 4.06. The van der Waals surface area contributed by atoms with Crippen molar-refractivity contribution in [3.05, 3.63) is 34.1 Å². The molecule has 0 saturated heterocycles. The molecule has 0 aliphatic heterocycles. The van der Waals surface area contributed by atoms with Crippen molar-refractivity contribution >= 4 is 27.5 Å². The number of aryl methyl sites for hydroxylation is 1. The molecule has 0 unspecified atom stereocenters. The fourth-order valence-electron chi connectivity index (χ4n) is 2.08. The second kappa shape index (κ2) is 7.48. The summed E-state index contributed by atoms with van der Waals surface area (Å²) in [6.07, 6.45) is -4.71. The van der Waals surface area contributed by atoms with Crippen molar-refractivity contribution in [2.24, 2.45) is 7.05 Å². The maximum absolute atomic E-state index is 12.9. The second-order valence-electron chi connectivity index (χ2n) is 4.83. The largest absolute Gasteiger partial charge is 0.493 e. The number of hydrogen-bond donors (Lipinski definition) is 1. The number of nitrogens with zero attached hydrogens (tertiary/aromatic N) is 2. The molecular weight excluding hydrogens is 433 g/mol. The van der Waals surface area contributed by atoms with Gasteiger partial charge in [0.2, 0.25) is 0 Å². The van der Waals surface area contributed by atoms with Crippen LogP contribution >= 0.6 is 15.9 Å². The van der Waals surface area contributed by atoms with E-state index in [4.69, 9.17) is 4.74 Å². The number of rotatable bonds is 5. The first-order valence-corrected chi connectivity index (χ1v) is 7.57. The number of amides is 1. The second-order valence-corrected chi connectivity index (χ2v) is 5.62. The molecule has 0 bridgehead atoms. The topological polar surface area (TPSA) is 65.4 Å². The number of carbonyl (C=O) groups is 1. The molecule has 0 fully saturated rings. The standard InChI is InChI=1S/C14H11BrF5N3O3/c1-23-11(14(18,19)20)9(15)10(22-23)12(24)21-6-3-4-7(26-13(16)17)8(5-6)25-2/h3-5,13H,1-2H3,(H,21,24). The maximum Gasteiger partial charge on any atom is 0.434 e. The van der Waals surface area contributed by atoms with Crippen LogP contribution in [0.2, 0.25) is 0 Å². The summed E-state index contributed by atoms with van der Waals surface area (Å²) >= 11 is 2.73. The number of methoxy groups -OCH3 is 1. The van der Waals surface area contributed by atoms with E-state index in [2.05, 4.69) is 31.1 Å². The summed E-state index contributed by atoms with van der Waals surface area (Å²) in [6, 6.07) is 3.52. The Morgan fingerprint density at radius 3 is 2.46 bits per heavy atom. The van der Waals surface area contributed by atoms with Crippen molar-refractivity contribution in [1.29, 1.82) is 0 Å². The molecule has 6 nitrogen and oxygen atoms in total. The van der Waals surface area contributed by atoms with Crippen molar-refractivity contribution in [3.63, 3.8) is 0 Å². The summed E-state index contributed by atoms with van der Waals surface area (Å²) in [5.74, 6) is -1.30. The molecule has 142 valence electrons. The monoisotopic (exact) mass is 443 g/mol. The van der Waals surface area contributed by atoms with Crippen LogP contribution in [0.5, 0.6) is 11.5 Å². The molecule has 0 radical (unpaired) electrons. The summed E-state index contributed by atoms with van der Waals surface area (Å²) < 4.78 is 72.6. The highest BCUT2D eigenvalue weighted by molar-refractivity contribution is 9.10. The van der Waals surface area contributed by atoms with E-state index in [1.54, 1.807) is 0 Å². The minimum atomic E-state index is -4.71. The molecule has 26 heavy (non-hydrogen) atoms. The van der Waals surface area contributed by atoms with Crippen LogP contribution in [0.25, 0.3) is 0 Å². The van der Waals surface area contributed by atoms with Gasteiger partial charge in [-0.05, 0) is 28.1 Å². The Balaban J connectivity index is 2.28. The van der Waals surface area contributed by atoms with Crippen molar-refractivity contribution in [1.82, 2.24) is 9.78 Å². The van der Waals surface area contributed by atoms with Gasteiger partial charge in [0.15, 0.2) is 22.9 Å². The number of anilines is 1. The zero-order valence-electron chi connectivity index (χ0n) is 13.2. The molecule has 1 N–H and O–H groups in total. The van der Waals surface area contributed by atoms with Crippen molar-refractivity contribution in [3.8, 4) is 11.5 Å². The Hall–Kier alpha value is -2.37. The maximum atomic E-state index is 12.9. The third-order valence-electron chi connectivity index (χ3n) is 3.11. The van der Waals surface area contributed by atoms with Gasteiger partial charge in [-0.2, -0.15) is 27.1 Å². The number of nitrogens with one attached hydrogen (secondary N) is 1. The SMILES string of the molecule is COc1cc(NC(=O)c2nn(C)c(C(F)(F)F)c2Br)ccc1OC(F)F. The Morgan fingerprint density at radius 1 is 1.31 bits per heavy atom. The lowest BCUT2D eigenvalue weighted by Gasteiger charge is -2.11. The highest BCUT2D eigenvalue weighted by atomic mass is 79.9. The fraction of sp³-hybridized carbons (Fsp3) is 0.286. The summed E-state index contributed by atoms with van der Waals surface area (Å²) in [5.41, 5.74) is -1.54. The molecule has 2 aromatic rings. The number of ether oxygens (including phenoxy) is 2.